The molecule has 160 valence electrons. The topological polar surface area (TPSA) is 108 Å². The first-order valence-electron chi connectivity index (χ1n) is 9.09. The number of hydrogen-bond donors (Lipinski definition) is 1. The van der Waals surface area contributed by atoms with Crippen molar-refractivity contribution in [3.8, 4) is 0 Å². The number of esters is 2. The van der Waals surface area contributed by atoms with Gasteiger partial charge in [0.25, 0.3) is 0 Å². The van der Waals surface area contributed by atoms with Gasteiger partial charge in [0.2, 0.25) is 0 Å². The fraction of sp³-hybridized carbons (Fsp3) is 0.882. The van der Waals surface area contributed by atoms with Crippen molar-refractivity contribution in [2.75, 3.05) is 48.0 Å². The second kappa shape index (κ2) is 12.5. The van der Waals surface area contributed by atoms with Gasteiger partial charge in [-0.2, -0.15) is 0 Å². The number of carbonyl (C=O) groups is 2. The number of hydrogen-bond acceptors (Lipinski definition) is 7. The Morgan fingerprint density at radius 2 is 1.78 bits per heavy atom. The minimum atomic E-state index is -4.29. The van der Waals surface area contributed by atoms with E-state index >= 15 is 0 Å². The molecule has 0 aliphatic carbocycles. The Morgan fingerprint density at radius 1 is 1.15 bits per heavy atom. The van der Waals surface area contributed by atoms with Crippen LogP contribution in [-0.2, 0) is 32.7 Å². The molecule has 9 nitrogen and oxygen atoms in total. The Labute approximate surface area is 162 Å². The molecule has 0 radical (unpaired) electrons. The second-order valence-electron chi connectivity index (χ2n) is 7.42. The van der Waals surface area contributed by atoms with Crippen LogP contribution in [0.1, 0.15) is 39.5 Å². The fourth-order valence-electron chi connectivity index (χ4n) is 1.88. The van der Waals surface area contributed by atoms with Gasteiger partial charge in [0, 0.05) is 12.8 Å². The molecule has 0 aromatic heterocycles. The average molecular weight is 412 g/mol. The third-order valence-corrected chi connectivity index (χ3v) is 4.97. The number of rotatable bonds is 14. The zero-order chi connectivity index (χ0) is 21.1. The quantitative estimate of drug-likeness (QED) is 0.263. The summed E-state index contributed by atoms with van der Waals surface area (Å²) in [4.78, 5) is 33.0. The molecule has 0 aliphatic heterocycles. The minimum absolute atomic E-state index is 0.0132. The normalized spacial score (nSPS) is 16.3. The molecule has 0 saturated carbocycles. The first kappa shape index (κ1) is 26.0. The van der Waals surface area contributed by atoms with E-state index in [1.807, 2.05) is 28.1 Å². The third kappa shape index (κ3) is 13.8. The highest BCUT2D eigenvalue weighted by Crippen LogP contribution is 2.45. The molecule has 0 aromatic rings. The number of ether oxygens (including phenoxy) is 2. The van der Waals surface area contributed by atoms with Crippen molar-refractivity contribution < 1.29 is 42.1 Å². The molecule has 0 heterocycles. The summed E-state index contributed by atoms with van der Waals surface area (Å²) < 4.78 is 32.6. The third-order valence-electron chi connectivity index (χ3n) is 3.90. The van der Waals surface area contributed by atoms with E-state index in [9.17, 15) is 19.0 Å². The fourth-order valence-corrected chi connectivity index (χ4v) is 2.84. The molecule has 0 aromatic carbocycles. The number of carbonyl (C=O) groups excluding carboxylic acids is 2. The molecule has 1 N–H and O–H groups in total. The second-order valence-corrected chi connectivity index (χ2v) is 8.83. The van der Waals surface area contributed by atoms with Gasteiger partial charge >= 0.3 is 19.8 Å². The van der Waals surface area contributed by atoms with Crippen molar-refractivity contribution >= 4 is 19.8 Å². The minimum Gasteiger partial charge on any atom is -0.469 e. The zero-order valence-electron chi connectivity index (χ0n) is 17.3. The molecule has 10 heteroatoms. The van der Waals surface area contributed by atoms with Gasteiger partial charge in [0.15, 0.2) is 0 Å². The predicted octanol–water partition coefficient (Wildman–Crippen LogP) is 2.13. The molecule has 3 unspecified atom stereocenters. The smallest absolute Gasteiger partial charge is 0.469 e. The van der Waals surface area contributed by atoms with Gasteiger partial charge in [0.1, 0.15) is 13.2 Å². The van der Waals surface area contributed by atoms with E-state index in [0.29, 0.717) is 17.4 Å². The lowest BCUT2D eigenvalue weighted by Crippen LogP contribution is -2.37. The van der Waals surface area contributed by atoms with Crippen LogP contribution in [0.2, 0.25) is 0 Å². The highest BCUT2D eigenvalue weighted by molar-refractivity contribution is 7.47. The van der Waals surface area contributed by atoms with E-state index in [0.717, 1.165) is 0 Å². The van der Waals surface area contributed by atoms with Gasteiger partial charge in [-0.3, -0.25) is 18.6 Å². The molecule has 0 saturated heterocycles. The van der Waals surface area contributed by atoms with Gasteiger partial charge < -0.3 is 18.9 Å². The number of methoxy groups -OCH3 is 1. The number of nitrogens with zero attached hydrogens (tertiary/aromatic N) is 1. The molecular formula is C17H35NO8P+. The summed E-state index contributed by atoms with van der Waals surface area (Å²) in [5.74, 6) is -1.02. The molecule has 0 fully saturated rings. The molecule has 3 atom stereocenters. The van der Waals surface area contributed by atoms with E-state index < -0.39 is 19.9 Å². The molecule has 0 amide bonds. The van der Waals surface area contributed by atoms with Crippen LogP contribution in [0.4, 0.5) is 0 Å². The van der Waals surface area contributed by atoms with Crippen molar-refractivity contribution in [1.29, 1.82) is 0 Å². The average Bonchev–Trinajstić information content (AvgIpc) is 2.56. The van der Waals surface area contributed by atoms with Crippen molar-refractivity contribution in [3.63, 3.8) is 0 Å². The van der Waals surface area contributed by atoms with Crippen LogP contribution in [0.25, 0.3) is 0 Å². The van der Waals surface area contributed by atoms with Crippen molar-refractivity contribution in [1.82, 2.24) is 0 Å². The molecule has 0 spiro atoms. The first-order valence-corrected chi connectivity index (χ1v) is 10.6. The monoisotopic (exact) mass is 412 g/mol. The largest absolute Gasteiger partial charge is 0.472 e. The number of likely N-dealkylation sites (N-methyl/N-ethyl adjacent to an activating group) is 1. The molecule has 0 bridgehead atoms. The van der Waals surface area contributed by atoms with E-state index in [1.54, 1.807) is 6.92 Å². The first-order chi connectivity index (χ1) is 12.4. The Kier molecular flexibility index (Phi) is 12.0. The molecule has 0 rings (SSSR count). The maximum Gasteiger partial charge on any atom is 0.472 e. The number of phosphoric ester groups is 1. The highest BCUT2D eigenvalue weighted by atomic mass is 31.2. The molecule has 0 aliphatic rings. The summed E-state index contributed by atoms with van der Waals surface area (Å²) in [5, 5.41) is 0. The van der Waals surface area contributed by atoms with E-state index in [4.69, 9.17) is 13.8 Å². The van der Waals surface area contributed by atoms with Crippen LogP contribution >= 0.6 is 7.82 Å². The van der Waals surface area contributed by atoms with Gasteiger partial charge in [-0.1, -0.05) is 13.8 Å². The molecule has 27 heavy (non-hydrogen) atoms. The molecular weight excluding hydrogens is 377 g/mol. The number of phosphoric acid groups is 1. The number of quaternary nitrogens is 1. The lowest BCUT2D eigenvalue weighted by atomic mass is 10.1. The summed E-state index contributed by atoms with van der Waals surface area (Å²) in [6.07, 6.45) is 0.208. The van der Waals surface area contributed by atoms with Gasteiger partial charge in [-0.25, -0.2) is 4.57 Å². The van der Waals surface area contributed by atoms with Crippen LogP contribution in [0, 0.1) is 5.92 Å². The Morgan fingerprint density at radius 3 is 2.30 bits per heavy atom. The maximum absolute atomic E-state index is 12.2. The van der Waals surface area contributed by atoms with Crippen LogP contribution in [0.15, 0.2) is 0 Å². The van der Waals surface area contributed by atoms with Crippen LogP contribution < -0.4 is 0 Å². The van der Waals surface area contributed by atoms with Crippen LogP contribution in [0.5, 0.6) is 0 Å². The lowest BCUT2D eigenvalue weighted by Gasteiger charge is -2.25. The van der Waals surface area contributed by atoms with Crippen molar-refractivity contribution in [2.45, 2.75) is 45.6 Å². The summed E-state index contributed by atoms with van der Waals surface area (Å²) in [6, 6.07) is 0. The predicted molar refractivity (Wildman–Crippen MR) is 99.8 cm³/mol. The summed E-state index contributed by atoms with van der Waals surface area (Å²) in [7, 11) is 2.75. The van der Waals surface area contributed by atoms with Gasteiger partial charge in [0.05, 0.1) is 46.9 Å². The van der Waals surface area contributed by atoms with Crippen LogP contribution in [0.3, 0.4) is 0 Å². The van der Waals surface area contributed by atoms with Crippen molar-refractivity contribution in [3.05, 3.63) is 0 Å². The Bertz CT molecular complexity index is 506. The van der Waals surface area contributed by atoms with Crippen molar-refractivity contribution in [2.24, 2.45) is 5.92 Å². The SMILES string of the molecule is CCC(C)C(=O)OCCC(CCC(=O)OC)OP(=O)(O)OCC[N+](C)(C)C. The van der Waals surface area contributed by atoms with Gasteiger partial charge in [-0.05, 0) is 12.8 Å². The standard InChI is InChI=1S/C17H34NO8P/c1-7-14(2)17(20)24-12-10-15(8-9-16(19)23-6)26-27(21,22)25-13-11-18(3,4)5/h14-15H,7-13H2,1-6H3/p+1. The Hall–Kier alpha value is -0.990. The van der Waals surface area contributed by atoms with E-state index in [1.165, 1.54) is 7.11 Å². The Balaban J connectivity index is 4.66. The van der Waals surface area contributed by atoms with E-state index in [-0.39, 0.29) is 44.4 Å². The maximum atomic E-state index is 12.2. The summed E-state index contributed by atoms with van der Waals surface area (Å²) >= 11 is 0. The highest BCUT2D eigenvalue weighted by Gasteiger charge is 2.28. The summed E-state index contributed by atoms with van der Waals surface area (Å²) in [5.41, 5.74) is 0. The lowest BCUT2D eigenvalue weighted by molar-refractivity contribution is -0.870. The summed E-state index contributed by atoms with van der Waals surface area (Å²) in [6.45, 7) is 4.23. The van der Waals surface area contributed by atoms with Crippen LogP contribution in [-0.4, -0.2) is 75.4 Å². The zero-order valence-corrected chi connectivity index (χ0v) is 18.2. The van der Waals surface area contributed by atoms with E-state index in [2.05, 4.69) is 4.74 Å². The van der Waals surface area contributed by atoms with Gasteiger partial charge in [-0.15, -0.1) is 0 Å².